The Bertz CT molecular complexity index is 863. The second kappa shape index (κ2) is 8.64. The van der Waals surface area contributed by atoms with E-state index in [9.17, 15) is 13.5 Å². The molecule has 1 fully saturated rings. The molecule has 0 radical (unpaired) electrons. The third-order valence-electron chi connectivity index (χ3n) is 5.52. The number of ether oxygens (including phenoxy) is 1. The van der Waals surface area contributed by atoms with Crippen LogP contribution in [-0.4, -0.2) is 50.3 Å². The average Bonchev–Trinajstić information content (AvgIpc) is 3.04. The van der Waals surface area contributed by atoms with Crippen LogP contribution < -0.4 is 10.1 Å². The zero-order valence-electron chi connectivity index (χ0n) is 16.5. The Morgan fingerprint density at radius 3 is 2.36 bits per heavy atom. The molecular weight excluding hydrogens is 374 g/mol. The van der Waals surface area contributed by atoms with Gasteiger partial charge in [-0.25, -0.2) is 8.42 Å². The van der Waals surface area contributed by atoms with Gasteiger partial charge < -0.3 is 15.2 Å². The Hall–Kier alpha value is -1.89. The van der Waals surface area contributed by atoms with E-state index in [2.05, 4.69) is 38.1 Å². The number of benzene rings is 2. The van der Waals surface area contributed by atoms with Crippen LogP contribution in [0.5, 0.6) is 5.75 Å². The summed E-state index contributed by atoms with van der Waals surface area (Å²) in [7, 11) is -2.88. The lowest BCUT2D eigenvalue weighted by Crippen LogP contribution is -2.92. The van der Waals surface area contributed by atoms with E-state index in [1.165, 1.54) is 11.1 Å². The first-order valence-corrected chi connectivity index (χ1v) is 11.6. The first-order chi connectivity index (χ1) is 13.3. The third-order valence-corrected chi connectivity index (χ3v) is 7.32. The molecule has 0 bridgehead atoms. The van der Waals surface area contributed by atoms with Gasteiger partial charge in [-0.1, -0.05) is 56.3 Å². The molecule has 2 atom stereocenters. The highest BCUT2D eigenvalue weighted by atomic mass is 32.2. The maximum Gasteiger partial charge on any atom is 0.156 e. The molecule has 28 heavy (non-hydrogen) atoms. The van der Waals surface area contributed by atoms with Crippen molar-refractivity contribution in [1.29, 1.82) is 0 Å². The van der Waals surface area contributed by atoms with Crippen molar-refractivity contribution < 1.29 is 23.6 Å². The molecular formula is C22H30NO4S+. The molecule has 0 aromatic heterocycles. The fourth-order valence-corrected chi connectivity index (χ4v) is 5.39. The summed E-state index contributed by atoms with van der Waals surface area (Å²) in [4.78, 5) is 0. The highest BCUT2D eigenvalue weighted by Gasteiger charge is 2.30. The highest BCUT2D eigenvalue weighted by molar-refractivity contribution is 7.91. The molecule has 2 aromatic rings. The number of quaternary nitrogens is 1. The third kappa shape index (κ3) is 5.34. The summed E-state index contributed by atoms with van der Waals surface area (Å²) in [6, 6.07) is 18.4. The Morgan fingerprint density at radius 2 is 1.75 bits per heavy atom. The number of aliphatic hydroxyl groups is 1. The summed E-state index contributed by atoms with van der Waals surface area (Å²) < 4.78 is 28.7. The maximum atomic E-state index is 11.5. The molecule has 1 heterocycles. The van der Waals surface area contributed by atoms with Gasteiger partial charge in [0, 0.05) is 11.8 Å². The van der Waals surface area contributed by atoms with Crippen molar-refractivity contribution >= 4 is 9.84 Å². The van der Waals surface area contributed by atoms with Crippen LogP contribution in [0.1, 0.15) is 31.4 Å². The van der Waals surface area contributed by atoms with Crippen LogP contribution in [0.25, 0.3) is 0 Å². The number of aliphatic hydroxyl groups excluding tert-OH is 1. The molecule has 0 unspecified atom stereocenters. The molecule has 5 nitrogen and oxygen atoms in total. The van der Waals surface area contributed by atoms with Gasteiger partial charge in [0.15, 0.2) is 9.84 Å². The molecule has 0 saturated carbocycles. The molecule has 3 N–H and O–H groups in total. The molecule has 1 saturated heterocycles. The van der Waals surface area contributed by atoms with Gasteiger partial charge in [0.05, 0.1) is 5.75 Å². The van der Waals surface area contributed by atoms with Crippen LogP contribution in [0.3, 0.4) is 0 Å². The molecule has 3 rings (SSSR count). The van der Waals surface area contributed by atoms with E-state index in [0.29, 0.717) is 13.0 Å². The van der Waals surface area contributed by atoms with E-state index in [1.807, 2.05) is 35.6 Å². The van der Waals surface area contributed by atoms with Crippen LogP contribution in [0, 0.1) is 0 Å². The fourth-order valence-electron chi connectivity index (χ4n) is 3.61. The average molecular weight is 405 g/mol. The lowest BCUT2D eigenvalue weighted by Gasteiger charge is -2.26. The van der Waals surface area contributed by atoms with Crippen LogP contribution in [0.15, 0.2) is 54.6 Å². The number of nitrogens with two attached hydrogens (primary N) is 1. The van der Waals surface area contributed by atoms with Crippen molar-refractivity contribution in [2.45, 2.75) is 37.8 Å². The highest BCUT2D eigenvalue weighted by Crippen LogP contribution is 2.32. The summed E-state index contributed by atoms with van der Waals surface area (Å²) >= 11 is 0. The molecule has 0 spiro atoms. The van der Waals surface area contributed by atoms with Gasteiger partial charge >= 0.3 is 0 Å². The number of rotatable bonds is 8. The van der Waals surface area contributed by atoms with Crippen molar-refractivity contribution in [2.24, 2.45) is 0 Å². The Labute approximate surface area is 167 Å². The van der Waals surface area contributed by atoms with Crippen LogP contribution in [0.4, 0.5) is 0 Å². The molecule has 0 amide bonds. The zero-order valence-corrected chi connectivity index (χ0v) is 17.4. The van der Waals surface area contributed by atoms with Crippen molar-refractivity contribution in [3.63, 3.8) is 0 Å². The van der Waals surface area contributed by atoms with Crippen LogP contribution in [0.2, 0.25) is 0 Å². The standard InChI is InChI=1S/C22H29NO4S/c1-22(2,17-6-4-3-5-7-17)18-8-10-21(11-9-18)27-15-20(24)14-23-19-12-13-28(25,26)16-19/h3-11,19-20,23-24H,12-16H2,1-2H3/p+1/t19-,20-/m1/s1. The van der Waals surface area contributed by atoms with Crippen molar-refractivity contribution in [3.8, 4) is 5.75 Å². The number of hydrogen-bond acceptors (Lipinski definition) is 4. The van der Waals surface area contributed by atoms with Gasteiger partial charge in [0.1, 0.15) is 36.8 Å². The smallest absolute Gasteiger partial charge is 0.156 e. The summed E-state index contributed by atoms with van der Waals surface area (Å²) in [5.74, 6) is 1.18. The van der Waals surface area contributed by atoms with Gasteiger partial charge in [-0.2, -0.15) is 0 Å². The second-order valence-corrected chi connectivity index (χ2v) is 10.3. The van der Waals surface area contributed by atoms with Crippen LogP contribution in [-0.2, 0) is 15.3 Å². The van der Waals surface area contributed by atoms with Gasteiger partial charge in [-0.05, 0) is 23.3 Å². The SMILES string of the molecule is CC(C)(c1ccccc1)c1ccc(OC[C@H](O)C[NH2+][C@@H]2CCS(=O)(=O)C2)cc1. The summed E-state index contributed by atoms with van der Waals surface area (Å²) in [5.41, 5.74) is 2.35. The number of hydrogen-bond donors (Lipinski definition) is 2. The maximum absolute atomic E-state index is 11.5. The van der Waals surface area contributed by atoms with Crippen molar-refractivity contribution in [3.05, 3.63) is 65.7 Å². The molecule has 152 valence electrons. The van der Waals surface area contributed by atoms with Crippen molar-refractivity contribution in [2.75, 3.05) is 24.7 Å². The van der Waals surface area contributed by atoms with Crippen LogP contribution >= 0.6 is 0 Å². The minimum absolute atomic E-state index is 0.0548. The largest absolute Gasteiger partial charge is 0.491 e. The lowest BCUT2D eigenvalue weighted by atomic mass is 9.78. The van der Waals surface area contributed by atoms with E-state index >= 15 is 0 Å². The Morgan fingerprint density at radius 1 is 1.11 bits per heavy atom. The van der Waals surface area contributed by atoms with E-state index in [4.69, 9.17) is 4.74 Å². The first kappa shape index (κ1) is 20.8. The topological polar surface area (TPSA) is 80.2 Å². The number of sulfone groups is 1. The van der Waals surface area contributed by atoms with Gasteiger partial charge in [-0.3, -0.25) is 0 Å². The predicted molar refractivity (Wildman–Crippen MR) is 110 cm³/mol. The van der Waals surface area contributed by atoms with Gasteiger partial charge in [-0.15, -0.1) is 0 Å². The lowest BCUT2D eigenvalue weighted by molar-refractivity contribution is -0.689. The minimum atomic E-state index is -2.88. The minimum Gasteiger partial charge on any atom is -0.491 e. The van der Waals surface area contributed by atoms with Gasteiger partial charge in [0.2, 0.25) is 0 Å². The monoisotopic (exact) mass is 404 g/mol. The molecule has 2 aromatic carbocycles. The Kier molecular flexibility index (Phi) is 6.43. The molecule has 6 heteroatoms. The Balaban J connectivity index is 1.49. The van der Waals surface area contributed by atoms with E-state index in [1.54, 1.807) is 0 Å². The second-order valence-electron chi connectivity index (χ2n) is 8.11. The summed E-state index contributed by atoms with van der Waals surface area (Å²) in [5, 5.41) is 12.0. The van der Waals surface area contributed by atoms with E-state index in [0.717, 1.165) is 5.75 Å². The first-order valence-electron chi connectivity index (χ1n) is 9.77. The fraction of sp³-hybridized carbons (Fsp3) is 0.455. The van der Waals surface area contributed by atoms with Crippen molar-refractivity contribution in [1.82, 2.24) is 0 Å². The summed E-state index contributed by atoms with van der Waals surface area (Å²) in [6.45, 7) is 5.03. The molecule has 1 aliphatic heterocycles. The zero-order chi connectivity index (χ0) is 20.2. The predicted octanol–water partition coefficient (Wildman–Crippen LogP) is 1.50. The quantitative estimate of drug-likeness (QED) is 0.699. The van der Waals surface area contributed by atoms with E-state index < -0.39 is 15.9 Å². The normalized spacial score (nSPS) is 20.0. The van der Waals surface area contributed by atoms with E-state index in [-0.39, 0.29) is 29.6 Å². The van der Waals surface area contributed by atoms with Gasteiger partial charge in [0.25, 0.3) is 0 Å². The molecule has 0 aliphatic carbocycles. The molecule has 1 aliphatic rings. The summed E-state index contributed by atoms with van der Waals surface area (Å²) in [6.07, 6.45) is 0.0259.